The zero-order chi connectivity index (χ0) is 14.5. The summed E-state index contributed by atoms with van der Waals surface area (Å²) in [4.78, 5) is 10.3. The summed E-state index contributed by atoms with van der Waals surface area (Å²) in [6.45, 7) is 9.07. The molecule has 4 heteroatoms. The molecule has 3 rings (SSSR count). The van der Waals surface area contributed by atoms with Crippen molar-refractivity contribution in [3.63, 3.8) is 0 Å². The monoisotopic (exact) mass is 287 g/mol. The van der Waals surface area contributed by atoms with E-state index in [0.29, 0.717) is 5.95 Å². The van der Waals surface area contributed by atoms with Crippen LogP contribution in [0.25, 0.3) is 21.0 Å². The van der Waals surface area contributed by atoms with E-state index in [1.165, 1.54) is 15.0 Å². The normalized spacial score (nSPS) is 10.4. The summed E-state index contributed by atoms with van der Waals surface area (Å²) in [5.74, 6) is 0.710. The Morgan fingerprint density at radius 2 is 2.00 bits per heavy atom. The van der Waals surface area contributed by atoms with Crippen LogP contribution in [0.15, 0.2) is 24.4 Å². The molecule has 2 heterocycles. The Kier molecular flexibility index (Phi) is 4.90. The van der Waals surface area contributed by atoms with Crippen LogP contribution in [0.2, 0.25) is 0 Å². The molecule has 0 aliphatic heterocycles. The van der Waals surface area contributed by atoms with Crippen LogP contribution < -0.4 is 5.32 Å². The highest BCUT2D eigenvalue weighted by Gasteiger charge is 2.07. The number of nitrogens with zero attached hydrogens (tertiary/aromatic N) is 2. The first-order valence-electron chi connectivity index (χ1n) is 7.24. The van der Waals surface area contributed by atoms with Gasteiger partial charge < -0.3 is 5.32 Å². The van der Waals surface area contributed by atoms with Crippen LogP contribution in [0.1, 0.15) is 32.6 Å². The molecule has 0 unspecified atom stereocenters. The number of fused-ring (bicyclic) bond motifs is 3. The first kappa shape index (κ1) is 14.7. The molecule has 20 heavy (non-hydrogen) atoms. The molecule has 2 aromatic heterocycles. The lowest BCUT2D eigenvalue weighted by Crippen LogP contribution is -2.01. The van der Waals surface area contributed by atoms with Gasteiger partial charge in [-0.15, -0.1) is 11.3 Å². The Morgan fingerprint density at radius 1 is 1.20 bits per heavy atom. The fraction of sp³-hybridized carbons (Fsp3) is 0.375. The third-order valence-corrected chi connectivity index (χ3v) is 4.23. The smallest absolute Gasteiger partial charge is 0.223 e. The molecule has 1 N–H and O–H groups in total. The van der Waals surface area contributed by atoms with Crippen molar-refractivity contribution in [2.45, 2.75) is 34.1 Å². The largest absolute Gasteiger partial charge is 0.354 e. The van der Waals surface area contributed by atoms with E-state index in [-0.39, 0.29) is 0 Å². The van der Waals surface area contributed by atoms with E-state index in [1.54, 1.807) is 0 Å². The van der Waals surface area contributed by atoms with Crippen molar-refractivity contribution in [3.05, 3.63) is 29.3 Å². The number of anilines is 1. The predicted molar refractivity (Wildman–Crippen MR) is 89.8 cm³/mol. The molecule has 0 saturated heterocycles. The molecular formula is C16H21N3S. The zero-order valence-electron chi connectivity index (χ0n) is 12.5. The first-order chi connectivity index (χ1) is 9.81. The van der Waals surface area contributed by atoms with Gasteiger partial charge in [0.05, 0.1) is 5.52 Å². The van der Waals surface area contributed by atoms with Gasteiger partial charge in [-0.1, -0.05) is 20.8 Å². The van der Waals surface area contributed by atoms with E-state index >= 15 is 0 Å². The summed E-state index contributed by atoms with van der Waals surface area (Å²) in [5, 5.41) is 5.51. The maximum Gasteiger partial charge on any atom is 0.223 e. The molecule has 1 aromatic carbocycles. The van der Waals surface area contributed by atoms with E-state index in [2.05, 4.69) is 40.4 Å². The third-order valence-electron chi connectivity index (χ3n) is 2.98. The maximum atomic E-state index is 4.63. The summed E-state index contributed by atoms with van der Waals surface area (Å²) < 4.78 is 1.31. The fourth-order valence-electron chi connectivity index (χ4n) is 2.08. The van der Waals surface area contributed by atoms with Crippen LogP contribution >= 0.6 is 11.3 Å². The van der Waals surface area contributed by atoms with E-state index in [9.17, 15) is 0 Å². The van der Waals surface area contributed by atoms with Crippen LogP contribution in [0.5, 0.6) is 0 Å². The minimum atomic E-state index is 0.710. The highest BCUT2D eigenvalue weighted by molar-refractivity contribution is 7.19. The Labute approximate surface area is 124 Å². The Balaban J connectivity index is 0.000000704. The van der Waals surface area contributed by atoms with Crippen LogP contribution in [0.4, 0.5) is 5.95 Å². The third kappa shape index (κ3) is 2.75. The van der Waals surface area contributed by atoms with E-state index < -0.39 is 0 Å². The highest BCUT2D eigenvalue weighted by Crippen LogP contribution is 2.31. The second-order valence-corrected chi connectivity index (χ2v) is 5.37. The quantitative estimate of drug-likeness (QED) is 0.747. The van der Waals surface area contributed by atoms with Gasteiger partial charge in [-0.3, -0.25) is 0 Å². The Bertz CT molecular complexity index is 703. The number of nitrogens with one attached hydrogen (secondary N) is 1. The van der Waals surface area contributed by atoms with Crippen molar-refractivity contribution in [1.29, 1.82) is 0 Å². The standard InChI is InChI=1S/C14H15N3S.C2H6/c1-3-10-7-11-12(18-10)6-5-9-8-16-14(15-4-2)17-13(9)11;1-2/h5-8H,3-4H2,1-2H3,(H,15,16,17);1-2H3. The first-order valence-corrected chi connectivity index (χ1v) is 8.05. The number of rotatable bonds is 3. The summed E-state index contributed by atoms with van der Waals surface area (Å²) in [6, 6.07) is 6.52. The SMILES string of the molecule is CC.CCNc1ncc2ccc3sc(CC)cc3c2n1. The Hall–Kier alpha value is -1.68. The highest BCUT2D eigenvalue weighted by atomic mass is 32.1. The number of aromatic nitrogens is 2. The molecule has 0 aliphatic rings. The lowest BCUT2D eigenvalue weighted by atomic mass is 10.1. The van der Waals surface area contributed by atoms with Gasteiger partial charge in [-0.2, -0.15) is 0 Å². The van der Waals surface area contributed by atoms with Crippen molar-refractivity contribution in [1.82, 2.24) is 9.97 Å². The molecule has 0 aliphatic carbocycles. The van der Waals surface area contributed by atoms with Crippen molar-refractivity contribution in [3.8, 4) is 0 Å². The van der Waals surface area contributed by atoms with Gasteiger partial charge in [0.2, 0.25) is 5.95 Å². The predicted octanol–water partition coefficient (Wildman–Crippen LogP) is 4.86. The van der Waals surface area contributed by atoms with Gasteiger partial charge in [0.1, 0.15) is 0 Å². The van der Waals surface area contributed by atoms with Crippen molar-refractivity contribution >= 4 is 38.3 Å². The number of hydrogen-bond acceptors (Lipinski definition) is 4. The van der Waals surface area contributed by atoms with Crippen molar-refractivity contribution < 1.29 is 0 Å². The lowest BCUT2D eigenvalue weighted by Gasteiger charge is -2.03. The minimum Gasteiger partial charge on any atom is -0.354 e. The second kappa shape index (κ2) is 6.66. The van der Waals surface area contributed by atoms with E-state index in [4.69, 9.17) is 0 Å². The second-order valence-electron chi connectivity index (χ2n) is 4.21. The molecule has 0 radical (unpaired) electrons. The van der Waals surface area contributed by atoms with E-state index in [1.807, 2.05) is 38.3 Å². The van der Waals surface area contributed by atoms with Crippen LogP contribution in [0, 0.1) is 0 Å². The lowest BCUT2D eigenvalue weighted by molar-refractivity contribution is 1.11. The molecule has 0 saturated carbocycles. The summed E-state index contributed by atoms with van der Waals surface area (Å²) in [6.07, 6.45) is 2.97. The number of aryl methyl sites for hydroxylation is 1. The topological polar surface area (TPSA) is 37.8 Å². The van der Waals surface area contributed by atoms with Gasteiger partial charge in [0.15, 0.2) is 0 Å². The molecule has 3 aromatic rings. The van der Waals surface area contributed by atoms with Crippen LogP contribution in [0.3, 0.4) is 0 Å². The van der Waals surface area contributed by atoms with Crippen LogP contribution in [-0.2, 0) is 6.42 Å². The molecule has 0 fully saturated rings. The van der Waals surface area contributed by atoms with Crippen molar-refractivity contribution in [2.24, 2.45) is 0 Å². The molecule has 0 spiro atoms. The fourth-order valence-corrected chi connectivity index (χ4v) is 3.08. The molecule has 0 atom stereocenters. The average molecular weight is 287 g/mol. The van der Waals surface area contributed by atoms with Gasteiger partial charge in [0.25, 0.3) is 0 Å². The average Bonchev–Trinajstić information content (AvgIpc) is 2.93. The molecule has 0 amide bonds. The van der Waals surface area contributed by atoms with Gasteiger partial charge in [-0.25, -0.2) is 9.97 Å². The zero-order valence-corrected chi connectivity index (χ0v) is 13.3. The molecule has 3 nitrogen and oxygen atoms in total. The number of benzene rings is 1. The van der Waals surface area contributed by atoms with E-state index in [0.717, 1.165) is 23.9 Å². The summed E-state index contributed by atoms with van der Waals surface area (Å²) >= 11 is 1.85. The Morgan fingerprint density at radius 3 is 2.70 bits per heavy atom. The number of thiophene rings is 1. The summed E-state index contributed by atoms with van der Waals surface area (Å²) in [7, 11) is 0. The van der Waals surface area contributed by atoms with Crippen LogP contribution in [-0.4, -0.2) is 16.5 Å². The van der Waals surface area contributed by atoms with Gasteiger partial charge in [-0.05, 0) is 31.5 Å². The van der Waals surface area contributed by atoms with Crippen molar-refractivity contribution in [2.75, 3.05) is 11.9 Å². The molecule has 106 valence electrons. The summed E-state index contributed by atoms with van der Waals surface area (Å²) in [5.41, 5.74) is 1.05. The van der Waals surface area contributed by atoms with Gasteiger partial charge in [0, 0.05) is 33.1 Å². The van der Waals surface area contributed by atoms with Gasteiger partial charge >= 0.3 is 0 Å². The molecule has 0 bridgehead atoms. The minimum absolute atomic E-state index is 0.710. The molecular weight excluding hydrogens is 266 g/mol. The number of hydrogen-bond donors (Lipinski definition) is 1. The maximum absolute atomic E-state index is 4.63.